The van der Waals surface area contributed by atoms with E-state index in [2.05, 4.69) is 20.3 Å². The van der Waals surface area contributed by atoms with E-state index in [0.29, 0.717) is 48.6 Å². The van der Waals surface area contributed by atoms with Gasteiger partial charge in [0.15, 0.2) is 0 Å². The van der Waals surface area contributed by atoms with Crippen molar-refractivity contribution in [2.24, 2.45) is 0 Å². The van der Waals surface area contributed by atoms with Crippen molar-refractivity contribution in [3.63, 3.8) is 0 Å². The number of hydrogen-bond donors (Lipinski definition) is 1. The average Bonchev–Trinajstić information content (AvgIpc) is 3.11. The SMILES string of the molecule is Cc1ccc(-c2c(C)nn3c2NC(=O)CCC3=O)cc1S(=O)(=O)N1CCN(c2ccccn2)CC1. The van der Waals surface area contributed by atoms with Crippen LogP contribution in [0.2, 0.25) is 0 Å². The molecule has 1 N–H and O–H groups in total. The fourth-order valence-electron chi connectivity index (χ4n) is 4.56. The Morgan fingerprint density at radius 2 is 1.74 bits per heavy atom. The Balaban J connectivity index is 1.47. The molecule has 5 rings (SSSR count). The maximum Gasteiger partial charge on any atom is 0.249 e. The Morgan fingerprint density at radius 3 is 2.46 bits per heavy atom. The van der Waals surface area contributed by atoms with E-state index in [9.17, 15) is 18.0 Å². The van der Waals surface area contributed by atoms with Crippen molar-refractivity contribution in [2.45, 2.75) is 31.6 Å². The number of nitrogens with zero attached hydrogens (tertiary/aromatic N) is 5. The molecule has 2 aliphatic heterocycles. The van der Waals surface area contributed by atoms with Gasteiger partial charge < -0.3 is 10.2 Å². The molecule has 1 amide bonds. The lowest BCUT2D eigenvalue weighted by atomic mass is 10.0. The van der Waals surface area contributed by atoms with Crippen molar-refractivity contribution in [3.8, 4) is 11.1 Å². The van der Waals surface area contributed by atoms with Gasteiger partial charge in [-0.15, -0.1) is 0 Å². The Labute approximate surface area is 203 Å². The summed E-state index contributed by atoms with van der Waals surface area (Å²) in [6.45, 7) is 5.27. The summed E-state index contributed by atoms with van der Waals surface area (Å²) in [5, 5.41) is 7.09. The zero-order chi connectivity index (χ0) is 24.7. The second-order valence-corrected chi connectivity index (χ2v) is 10.6. The Bertz CT molecular complexity index is 1410. The predicted molar refractivity (Wildman–Crippen MR) is 131 cm³/mol. The van der Waals surface area contributed by atoms with Crippen LogP contribution in [0, 0.1) is 13.8 Å². The highest BCUT2D eigenvalue weighted by molar-refractivity contribution is 7.89. The number of piperazine rings is 1. The third-order valence-electron chi connectivity index (χ3n) is 6.43. The molecule has 35 heavy (non-hydrogen) atoms. The van der Waals surface area contributed by atoms with Crippen molar-refractivity contribution in [1.29, 1.82) is 0 Å². The van der Waals surface area contributed by atoms with E-state index in [1.54, 1.807) is 38.2 Å². The summed E-state index contributed by atoms with van der Waals surface area (Å²) in [6.07, 6.45) is 1.87. The first-order valence-electron chi connectivity index (χ1n) is 11.5. The van der Waals surface area contributed by atoms with Crippen molar-refractivity contribution in [3.05, 3.63) is 53.9 Å². The van der Waals surface area contributed by atoms with Crippen molar-refractivity contribution < 1.29 is 18.0 Å². The minimum absolute atomic E-state index is 0.0669. The second kappa shape index (κ2) is 8.90. The van der Waals surface area contributed by atoms with E-state index in [0.717, 1.165) is 5.82 Å². The molecule has 1 aromatic carbocycles. The molecule has 1 saturated heterocycles. The number of hydrogen-bond acceptors (Lipinski definition) is 7. The van der Waals surface area contributed by atoms with Crippen LogP contribution in [0.1, 0.15) is 28.9 Å². The van der Waals surface area contributed by atoms with E-state index >= 15 is 0 Å². The molecule has 4 heterocycles. The van der Waals surface area contributed by atoms with E-state index in [-0.39, 0.29) is 35.4 Å². The number of aromatic nitrogens is 3. The number of pyridine rings is 1. The molecule has 1 fully saturated rings. The number of anilines is 2. The third kappa shape index (κ3) is 4.21. The van der Waals surface area contributed by atoms with Crippen LogP contribution in [0.15, 0.2) is 47.5 Å². The molecule has 0 spiro atoms. The quantitative estimate of drug-likeness (QED) is 0.592. The van der Waals surface area contributed by atoms with Crippen molar-refractivity contribution in [1.82, 2.24) is 19.1 Å². The number of rotatable bonds is 4. The monoisotopic (exact) mass is 494 g/mol. The number of carbonyl (C=O) groups is 2. The average molecular weight is 495 g/mol. The largest absolute Gasteiger partial charge is 0.354 e. The molecule has 11 heteroatoms. The summed E-state index contributed by atoms with van der Waals surface area (Å²) in [6, 6.07) is 10.8. The minimum atomic E-state index is -3.77. The molecule has 2 aliphatic rings. The lowest BCUT2D eigenvalue weighted by Gasteiger charge is -2.35. The van der Waals surface area contributed by atoms with E-state index in [1.165, 1.54) is 8.99 Å². The topological polar surface area (TPSA) is 117 Å². The third-order valence-corrected chi connectivity index (χ3v) is 8.47. The van der Waals surface area contributed by atoms with Gasteiger partial charge in [-0.05, 0) is 43.2 Å². The molecule has 0 atom stereocenters. The zero-order valence-corrected chi connectivity index (χ0v) is 20.4. The molecule has 3 aromatic rings. The summed E-state index contributed by atoms with van der Waals surface area (Å²) < 4.78 is 30.0. The molecule has 182 valence electrons. The molecular weight excluding hydrogens is 468 g/mol. The van der Waals surface area contributed by atoms with Crippen LogP contribution in [0.4, 0.5) is 11.6 Å². The summed E-state index contributed by atoms with van der Waals surface area (Å²) >= 11 is 0. The van der Waals surface area contributed by atoms with Crippen LogP contribution in [-0.2, 0) is 14.8 Å². The van der Waals surface area contributed by atoms with Gasteiger partial charge in [-0.2, -0.15) is 14.1 Å². The van der Waals surface area contributed by atoms with Gasteiger partial charge in [0.2, 0.25) is 21.8 Å². The first-order chi connectivity index (χ1) is 16.8. The fourth-order valence-corrected chi connectivity index (χ4v) is 6.23. The number of fused-ring (bicyclic) bond motifs is 1. The van der Waals surface area contributed by atoms with Crippen molar-refractivity contribution in [2.75, 3.05) is 36.4 Å². The molecular formula is C24H26N6O4S. The highest BCUT2D eigenvalue weighted by Gasteiger charge is 2.32. The molecule has 0 bridgehead atoms. The van der Waals surface area contributed by atoms with Gasteiger partial charge in [0.05, 0.1) is 10.6 Å². The van der Waals surface area contributed by atoms with Crippen molar-refractivity contribution >= 4 is 33.5 Å². The normalized spacial score (nSPS) is 17.1. The van der Waals surface area contributed by atoms with Gasteiger partial charge in [0, 0.05) is 50.8 Å². The van der Waals surface area contributed by atoms with E-state index in [1.807, 2.05) is 18.2 Å². The van der Waals surface area contributed by atoms with Crippen LogP contribution in [0.5, 0.6) is 0 Å². The van der Waals surface area contributed by atoms with Gasteiger partial charge in [0.1, 0.15) is 11.6 Å². The van der Waals surface area contributed by atoms with Crippen LogP contribution in [0.25, 0.3) is 11.1 Å². The van der Waals surface area contributed by atoms with Crippen LogP contribution in [0.3, 0.4) is 0 Å². The van der Waals surface area contributed by atoms with Gasteiger partial charge in [-0.1, -0.05) is 18.2 Å². The van der Waals surface area contributed by atoms with Crippen LogP contribution >= 0.6 is 0 Å². The lowest BCUT2D eigenvalue weighted by molar-refractivity contribution is -0.116. The van der Waals surface area contributed by atoms with E-state index in [4.69, 9.17) is 0 Å². The molecule has 2 aromatic heterocycles. The first-order valence-corrected chi connectivity index (χ1v) is 12.9. The minimum Gasteiger partial charge on any atom is -0.354 e. The molecule has 0 saturated carbocycles. The highest BCUT2D eigenvalue weighted by Crippen LogP contribution is 2.35. The maximum absolute atomic E-state index is 13.7. The molecule has 0 radical (unpaired) electrons. The Hall–Kier alpha value is -3.57. The zero-order valence-electron chi connectivity index (χ0n) is 19.6. The maximum atomic E-state index is 13.7. The summed E-state index contributed by atoms with van der Waals surface area (Å²) in [5.74, 6) is 0.560. The van der Waals surface area contributed by atoms with Gasteiger partial charge >= 0.3 is 0 Å². The molecule has 0 unspecified atom stereocenters. The Morgan fingerprint density at radius 1 is 0.971 bits per heavy atom. The number of sulfonamides is 1. The first kappa shape index (κ1) is 23.2. The molecule has 0 aliphatic carbocycles. The van der Waals surface area contributed by atoms with Crippen LogP contribution < -0.4 is 10.2 Å². The summed E-state index contributed by atoms with van der Waals surface area (Å²) in [7, 11) is -3.77. The second-order valence-electron chi connectivity index (χ2n) is 8.72. The number of amides is 1. The van der Waals surface area contributed by atoms with Gasteiger partial charge in [-0.3, -0.25) is 9.59 Å². The number of benzene rings is 1. The number of nitrogens with one attached hydrogen (secondary N) is 1. The number of aryl methyl sites for hydroxylation is 2. The van der Waals surface area contributed by atoms with E-state index < -0.39 is 10.0 Å². The lowest BCUT2D eigenvalue weighted by Crippen LogP contribution is -2.49. The summed E-state index contributed by atoms with van der Waals surface area (Å²) in [4.78, 5) is 31.3. The summed E-state index contributed by atoms with van der Waals surface area (Å²) in [5.41, 5.74) is 2.28. The fraction of sp³-hybridized carbons (Fsp3) is 0.333. The van der Waals surface area contributed by atoms with Gasteiger partial charge in [0.25, 0.3) is 0 Å². The smallest absolute Gasteiger partial charge is 0.249 e. The standard InChI is InChI=1S/C24H26N6O4S/c1-16-6-7-18(23-17(2)27-30-22(32)9-8-21(31)26-24(23)30)15-19(16)35(33,34)29-13-11-28(12-14-29)20-5-3-4-10-25-20/h3-7,10,15H,8-9,11-14H2,1-2H3,(H,26,31). The molecule has 10 nitrogen and oxygen atoms in total. The number of carbonyl (C=O) groups excluding carboxylic acids is 2. The highest BCUT2D eigenvalue weighted by atomic mass is 32.2. The Kier molecular flexibility index (Phi) is 5.89. The predicted octanol–water partition coefficient (Wildman–Crippen LogP) is 2.45. The van der Waals surface area contributed by atoms with Crippen LogP contribution in [-0.4, -0.2) is 65.5 Å². The van der Waals surface area contributed by atoms with Gasteiger partial charge in [-0.25, -0.2) is 13.4 Å².